The number of rotatable bonds is 3. The maximum atomic E-state index is 12.1. The summed E-state index contributed by atoms with van der Waals surface area (Å²) in [6.07, 6.45) is 1.33. The van der Waals surface area contributed by atoms with Crippen LogP contribution in [0.2, 0.25) is 5.02 Å². The number of nitrogens with zero attached hydrogens (tertiary/aromatic N) is 1. The molecule has 1 heterocycles. The van der Waals surface area contributed by atoms with Crippen LogP contribution in [0, 0.1) is 0 Å². The number of pyridine rings is 1. The van der Waals surface area contributed by atoms with E-state index in [0.29, 0.717) is 21.9 Å². The van der Waals surface area contributed by atoms with Crippen LogP contribution < -0.4 is 10.3 Å². The van der Waals surface area contributed by atoms with Gasteiger partial charge < -0.3 is 9.72 Å². The molecule has 0 bridgehead atoms. The van der Waals surface area contributed by atoms with Crippen molar-refractivity contribution < 1.29 is 8.95 Å². The number of aromatic amines is 1. The van der Waals surface area contributed by atoms with Gasteiger partial charge in [-0.2, -0.15) is 4.40 Å². The van der Waals surface area contributed by atoms with E-state index in [-0.39, 0.29) is 5.56 Å². The lowest BCUT2D eigenvalue weighted by Crippen LogP contribution is -2.20. The summed E-state index contributed by atoms with van der Waals surface area (Å²) in [5.74, 6) is 0.486. The number of ether oxygens (including phenoxy) is 1. The van der Waals surface area contributed by atoms with Gasteiger partial charge in [-0.3, -0.25) is 4.79 Å². The quantitative estimate of drug-likeness (QED) is 0.873. The molecule has 0 amide bonds. The summed E-state index contributed by atoms with van der Waals surface area (Å²) in [6, 6.07) is 5.01. The molecule has 0 spiro atoms. The molecule has 5 nitrogen and oxygen atoms in total. The fourth-order valence-corrected chi connectivity index (χ4v) is 2.51. The van der Waals surface area contributed by atoms with E-state index in [1.807, 2.05) is 20.8 Å². The first-order valence-corrected chi connectivity index (χ1v) is 8.07. The molecule has 1 atom stereocenters. The van der Waals surface area contributed by atoms with Crippen molar-refractivity contribution in [1.82, 2.24) is 4.98 Å². The van der Waals surface area contributed by atoms with Crippen LogP contribution in [0.4, 0.5) is 0 Å². The second-order valence-corrected chi connectivity index (χ2v) is 8.06. The van der Waals surface area contributed by atoms with Crippen LogP contribution in [0.15, 0.2) is 27.4 Å². The lowest BCUT2D eigenvalue weighted by molar-refractivity contribution is 0.415. The first-order valence-electron chi connectivity index (χ1n) is 6.59. The molecule has 1 aromatic carbocycles. The number of H-pyrrole nitrogens is 1. The Morgan fingerprint density at radius 3 is 2.59 bits per heavy atom. The SMILES string of the molecule is COc1cc2[nH]c(=O)c(C=N[S@](=O)C(C)(C)C)cc2cc1Cl. The predicted molar refractivity (Wildman–Crippen MR) is 91.6 cm³/mol. The number of halogens is 1. The summed E-state index contributed by atoms with van der Waals surface area (Å²) >= 11 is 6.08. The number of benzene rings is 1. The molecule has 0 radical (unpaired) electrons. The van der Waals surface area contributed by atoms with Crippen molar-refractivity contribution in [3.63, 3.8) is 0 Å². The minimum atomic E-state index is -1.42. The van der Waals surface area contributed by atoms with Gasteiger partial charge in [0, 0.05) is 11.5 Å². The number of fused-ring (bicyclic) bond motifs is 1. The molecule has 0 unspecified atom stereocenters. The molecule has 1 N–H and O–H groups in total. The fraction of sp³-hybridized carbons (Fsp3) is 0.333. The van der Waals surface area contributed by atoms with Crippen molar-refractivity contribution >= 4 is 39.7 Å². The highest BCUT2D eigenvalue weighted by Crippen LogP contribution is 2.28. The van der Waals surface area contributed by atoms with Crippen LogP contribution in [-0.2, 0) is 11.0 Å². The van der Waals surface area contributed by atoms with Gasteiger partial charge in [0.15, 0.2) is 0 Å². The molecule has 0 aliphatic carbocycles. The van der Waals surface area contributed by atoms with Gasteiger partial charge in [-0.25, -0.2) is 4.21 Å². The highest BCUT2D eigenvalue weighted by molar-refractivity contribution is 7.85. The van der Waals surface area contributed by atoms with Crippen molar-refractivity contribution in [3.05, 3.63) is 39.1 Å². The summed E-state index contributed by atoms with van der Waals surface area (Å²) in [4.78, 5) is 14.8. The summed E-state index contributed by atoms with van der Waals surface area (Å²) in [5, 5.41) is 1.19. The topological polar surface area (TPSA) is 71.5 Å². The van der Waals surface area contributed by atoms with E-state index < -0.39 is 15.7 Å². The highest BCUT2D eigenvalue weighted by atomic mass is 35.5. The third-order valence-electron chi connectivity index (χ3n) is 2.96. The third kappa shape index (κ3) is 3.56. The summed E-state index contributed by atoms with van der Waals surface area (Å²) < 4.78 is 20.5. The van der Waals surface area contributed by atoms with Crippen LogP contribution >= 0.6 is 11.6 Å². The minimum Gasteiger partial charge on any atom is -0.495 e. The Hall–Kier alpha value is -1.66. The van der Waals surface area contributed by atoms with Crippen molar-refractivity contribution in [2.24, 2.45) is 4.40 Å². The molecule has 1 aromatic heterocycles. The first kappa shape index (κ1) is 16.7. The molecule has 2 aromatic rings. The van der Waals surface area contributed by atoms with Crippen molar-refractivity contribution in [1.29, 1.82) is 0 Å². The number of aromatic nitrogens is 1. The van der Waals surface area contributed by atoms with E-state index in [1.165, 1.54) is 13.3 Å². The average Bonchev–Trinajstić information content (AvgIpc) is 2.43. The maximum absolute atomic E-state index is 12.1. The smallest absolute Gasteiger partial charge is 0.257 e. The molecular formula is C15H17ClN2O3S. The Morgan fingerprint density at radius 1 is 1.32 bits per heavy atom. The van der Waals surface area contributed by atoms with E-state index in [2.05, 4.69) is 9.38 Å². The van der Waals surface area contributed by atoms with Crippen LogP contribution in [0.1, 0.15) is 26.3 Å². The Bertz CT molecular complexity index is 822. The first-order chi connectivity index (χ1) is 10.2. The molecule has 118 valence electrons. The van der Waals surface area contributed by atoms with Crippen LogP contribution in [0.25, 0.3) is 10.9 Å². The molecular weight excluding hydrogens is 324 g/mol. The van der Waals surface area contributed by atoms with E-state index in [9.17, 15) is 9.00 Å². The number of methoxy groups -OCH3 is 1. The Labute approximate surface area is 136 Å². The van der Waals surface area contributed by atoms with Crippen molar-refractivity contribution in [2.75, 3.05) is 7.11 Å². The molecule has 22 heavy (non-hydrogen) atoms. The third-order valence-corrected chi connectivity index (χ3v) is 4.60. The summed E-state index contributed by atoms with van der Waals surface area (Å²) in [5.41, 5.74) is 0.623. The normalized spacial score (nSPS) is 13.7. The molecule has 0 saturated heterocycles. The van der Waals surface area contributed by atoms with Crippen LogP contribution in [-0.4, -0.2) is 27.3 Å². The fourth-order valence-electron chi connectivity index (χ4n) is 1.74. The second-order valence-electron chi connectivity index (χ2n) is 5.72. The number of nitrogens with one attached hydrogen (secondary N) is 1. The van der Waals surface area contributed by atoms with E-state index in [1.54, 1.807) is 18.2 Å². The number of hydrogen-bond donors (Lipinski definition) is 1. The van der Waals surface area contributed by atoms with E-state index in [4.69, 9.17) is 16.3 Å². The van der Waals surface area contributed by atoms with Gasteiger partial charge in [0.1, 0.15) is 16.7 Å². The molecule has 0 aliphatic heterocycles. The number of hydrogen-bond acceptors (Lipinski definition) is 3. The molecule has 2 rings (SSSR count). The van der Waals surface area contributed by atoms with E-state index >= 15 is 0 Å². The summed E-state index contributed by atoms with van der Waals surface area (Å²) in [6.45, 7) is 5.45. The Morgan fingerprint density at radius 2 is 2.00 bits per heavy atom. The van der Waals surface area contributed by atoms with Crippen molar-refractivity contribution in [2.45, 2.75) is 25.5 Å². The van der Waals surface area contributed by atoms with Gasteiger partial charge in [-0.05, 0) is 32.9 Å². The summed E-state index contributed by atoms with van der Waals surface area (Å²) in [7, 11) is 0.0892. The zero-order chi connectivity index (χ0) is 16.5. The zero-order valence-electron chi connectivity index (χ0n) is 12.8. The maximum Gasteiger partial charge on any atom is 0.257 e. The van der Waals surface area contributed by atoms with Crippen molar-refractivity contribution in [3.8, 4) is 5.75 Å². The highest BCUT2D eigenvalue weighted by Gasteiger charge is 2.18. The molecule has 0 saturated carbocycles. The Kier molecular flexibility index (Phi) is 4.72. The molecule has 7 heteroatoms. The van der Waals surface area contributed by atoms with Gasteiger partial charge in [0.05, 0.1) is 34.2 Å². The lowest BCUT2D eigenvalue weighted by Gasteiger charge is -2.12. The van der Waals surface area contributed by atoms with E-state index in [0.717, 1.165) is 5.39 Å². The minimum absolute atomic E-state index is 0.313. The van der Waals surface area contributed by atoms with Crippen LogP contribution in [0.3, 0.4) is 0 Å². The zero-order valence-corrected chi connectivity index (χ0v) is 14.3. The van der Waals surface area contributed by atoms with Gasteiger partial charge in [0.25, 0.3) is 5.56 Å². The van der Waals surface area contributed by atoms with Gasteiger partial charge in [0.2, 0.25) is 0 Å². The Balaban J connectivity index is 2.49. The van der Waals surface area contributed by atoms with Gasteiger partial charge in [-0.1, -0.05) is 11.6 Å². The molecule has 0 fully saturated rings. The predicted octanol–water partition coefficient (Wildman–Crippen LogP) is 3.07. The molecule has 0 aliphatic rings. The standard InChI is InChI=1S/C15H17ClN2O3S/c1-15(2,3)22(20)17-8-10-5-9-6-11(16)13(21-4)7-12(9)18-14(10)19/h5-8H,1-4H3,(H,18,19)/t22-/m1/s1. The van der Waals surface area contributed by atoms with Gasteiger partial charge in [-0.15, -0.1) is 0 Å². The lowest BCUT2D eigenvalue weighted by atomic mass is 10.1. The average molecular weight is 341 g/mol. The van der Waals surface area contributed by atoms with Gasteiger partial charge >= 0.3 is 0 Å². The second kappa shape index (κ2) is 6.22. The largest absolute Gasteiger partial charge is 0.495 e. The van der Waals surface area contributed by atoms with Crippen LogP contribution in [0.5, 0.6) is 5.75 Å². The monoisotopic (exact) mass is 340 g/mol.